The van der Waals surface area contributed by atoms with Crippen LogP contribution in [-0.4, -0.2) is 43.3 Å². The molecule has 1 aromatic carbocycles. The normalized spacial score (nSPS) is 15.3. The molecule has 6 nitrogen and oxygen atoms in total. The van der Waals surface area contributed by atoms with Crippen molar-refractivity contribution in [2.75, 3.05) is 18.4 Å². The molecule has 3 aromatic rings. The van der Waals surface area contributed by atoms with Gasteiger partial charge >= 0.3 is 0 Å². The standard InChI is InChI=1S/C20H22BrN5O/c1-13-3-5-15(6-4-13)24-18-16-11-17(25(2)19(16)23-12-22-18)20(27)26-9-7-14(21)8-10-26/h3-6,11-12,14H,7-10H2,1-2H3,(H,22,23,24). The number of hydrogen-bond acceptors (Lipinski definition) is 4. The van der Waals surface area contributed by atoms with Gasteiger partial charge in [-0.1, -0.05) is 33.6 Å². The number of benzene rings is 1. The van der Waals surface area contributed by atoms with Crippen LogP contribution < -0.4 is 5.32 Å². The number of nitrogens with one attached hydrogen (secondary N) is 1. The first kappa shape index (κ1) is 18.0. The Kier molecular flexibility index (Phi) is 4.86. The van der Waals surface area contributed by atoms with E-state index in [2.05, 4.69) is 38.1 Å². The molecule has 1 aliphatic heterocycles. The van der Waals surface area contributed by atoms with Gasteiger partial charge in [0, 0.05) is 30.7 Å². The molecule has 2 aromatic heterocycles. The summed E-state index contributed by atoms with van der Waals surface area (Å²) in [5.41, 5.74) is 3.55. The smallest absolute Gasteiger partial charge is 0.270 e. The maximum Gasteiger partial charge on any atom is 0.270 e. The van der Waals surface area contributed by atoms with Crippen molar-refractivity contribution in [2.45, 2.75) is 24.6 Å². The molecule has 3 heterocycles. The van der Waals surface area contributed by atoms with Crippen LogP contribution in [0.15, 0.2) is 36.7 Å². The third-order valence-corrected chi connectivity index (χ3v) is 5.98. The lowest BCUT2D eigenvalue weighted by molar-refractivity contribution is 0.0719. The van der Waals surface area contributed by atoms with E-state index in [1.54, 1.807) is 0 Å². The van der Waals surface area contributed by atoms with Crippen LogP contribution >= 0.6 is 15.9 Å². The topological polar surface area (TPSA) is 63.1 Å². The number of carbonyl (C=O) groups excluding carboxylic acids is 1. The number of rotatable bonds is 3. The van der Waals surface area contributed by atoms with Crippen molar-refractivity contribution in [2.24, 2.45) is 7.05 Å². The fourth-order valence-corrected chi connectivity index (χ4v) is 3.84. The fourth-order valence-electron chi connectivity index (χ4n) is 3.43. The third kappa shape index (κ3) is 3.56. The zero-order valence-electron chi connectivity index (χ0n) is 15.4. The van der Waals surface area contributed by atoms with Crippen LogP contribution in [0.25, 0.3) is 11.0 Å². The van der Waals surface area contributed by atoms with E-state index in [9.17, 15) is 4.79 Å². The summed E-state index contributed by atoms with van der Waals surface area (Å²) in [6.45, 7) is 3.60. The highest BCUT2D eigenvalue weighted by atomic mass is 79.9. The Morgan fingerprint density at radius 2 is 1.89 bits per heavy atom. The molecule has 1 saturated heterocycles. The highest BCUT2D eigenvalue weighted by Crippen LogP contribution is 2.27. The fraction of sp³-hybridized carbons (Fsp3) is 0.350. The maximum atomic E-state index is 13.0. The number of amides is 1. The summed E-state index contributed by atoms with van der Waals surface area (Å²) in [4.78, 5) is 24.2. The van der Waals surface area contributed by atoms with Gasteiger partial charge in [-0.3, -0.25) is 4.79 Å². The summed E-state index contributed by atoms with van der Waals surface area (Å²) in [6.07, 6.45) is 3.49. The molecule has 1 aliphatic rings. The molecule has 0 saturated carbocycles. The Labute approximate surface area is 166 Å². The van der Waals surface area contributed by atoms with Crippen LogP contribution in [0.4, 0.5) is 11.5 Å². The first-order chi connectivity index (χ1) is 13.0. The van der Waals surface area contributed by atoms with Gasteiger partial charge in [-0.15, -0.1) is 0 Å². The second kappa shape index (κ2) is 7.31. The van der Waals surface area contributed by atoms with Gasteiger partial charge in [-0.25, -0.2) is 9.97 Å². The zero-order chi connectivity index (χ0) is 19.0. The Morgan fingerprint density at radius 1 is 1.19 bits per heavy atom. The van der Waals surface area contributed by atoms with Crippen molar-refractivity contribution in [1.82, 2.24) is 19.4 Å². The molecule has 140 valence electrons. The molecule has 0 radical (unpaired) electrons. The highest BCUT2D eigenvalue weighted by Gasteiger charge is 2.25. The second-order valence-electron chi connectivity index (χ2n) is 7.01. The number of piperidine rings is 1. The average molecular weight is 428 g/mol. The molecule has 7 heteroatoms. The molecule has 0 bridgehead atoms. The Hall–Kier alpha value is -2.41. The third-order valence-electron chi connectivity index (χ3n) is 5.07. The van der Waals surface area contributed by atoms with E-state index >= 15 is 0 Å². The molecular formula is C20H22BrN5O. The lowest BCUT2D eigenvalue weighted by atomic mass is 10.1. The van der Waals surface area contributed by atoms with Gasteiger partial charge in [0.2, 0.25) is 0 Å². The zero-order valence-corrected chi connectivity index (χ0v) is 17.0. The first-order valence-electron chi connectivity index (χ1n) is 9.10. The van der Waals surface area contributed by atoms with Crippen molar-refractivity contribution >= 4 is 44.4 Å². The van der Waals surface area contributed by atoms with E-state index in [0.717, 1.165) is 42.7 Å². The minimum Gasteiger partial charge on any atom is -0.340 e. The number of fused-ring (bicyclic) bond motifs is 1. The van der Waals surface area contributed by atoms with Crippen LogP contribution in [0.1, 0.15) is 28.9 Å². The quantitative estimate of drug-likeness (QED) is 0.641. The van der Waals surface area contributed by atoms with Gasteiger partial charge < -0.3 is 14.8 Å². The van der Waals surface area contributed by atoms with Crippen LogP contribution in [0, 0.1) is 6.92 Å². The number of likely N-dealkylation sites (tertiary alicyclic amines) is 1. The van der Waals surface area contributed by atoms with Crippen molar-refractivity contribution in [3.8, 4) is 0 Å². The summed E-state index contributed by atoms with van der Waals surface area (Å²) in [7, 11) is 1.88. The van der Waals surface area contributed by atoms with E-state index < -0.39 is 0 Å². The molecule has 27 heavy (non-hydrogen) atoms. The number of anilines is 2. The van der Waals surface area contributed by atoms with E-state index in [-0.39, 0.29) is 5.91 Å². The number of alkyl halides is 1. The molecule has 1 N–H and O–H groups in total. The Morgan fingerprint density at radius 3 is 2.59 bits per heavy atom. The molecule has 0 spiro atoms. The van der Waals surface area contributed by atoms with E-state index in [1.165, 1.54) is 11.9 Å². The van der Waals surface area contributed by atoms with E-state index in [1.807, 2.05) is 46.8 Å². The summed E-state index contributed by atoms with van der Waals surface area (Å²) >= 11 is 3.64. The van der Waals surface area contributed by atoms with Crippen LogP contribution in [0.2, 0.25) is 0 Å². The van der Waals surface area contributed by atoms with E-state index in [4.69, 9.17) is 0 Å². The van der Waals surface area contributed by atoms with E-state index in [0.29, 0.717) is 16.3 Å². The number of aromatic nitrogens is 3. The lowest BCUT2D eigenvalue weighted by Crippen LogP contribution is -2.39. The molecule has 0 unspecified atom stereocenters. The van der Waals surface area contributed by atoms with Gasteiger partial charge in [0.25, 0.3) is 5.91 Å². The molecule has 1 fully saturated rings. The van der Waals surface area contributed by atoms with Gasteiger partial charge in [0.05, 0.1) is 5.39 Å². The van der Waals surface area contributed by atoms with Crippen molar-refractivity contribution in [3.63, 3.8) is 0 Å². The molecule has 0 aliphatic carbocycles. The highest BCUT2D eigenvalue weighted by molar-refractivity contribution is 9.09. The van der Waals surface area contributed by atoms with Crippen LogP contribution in [0.3, 0.4) is 0 Å². The Balaban J connectivity index is 1.66. The minimum atomic E-state index is 0.0520. The lowest BCUT2D eigenvalue weighted by Gasteiger charge is -2.29. The average Bonchev–Trinajstić information content (AvgIpc) is 3.02. The van der Waals surface area contributed by atoms with Crippen molar-refractivity contribution < 1.29 is 4.79 Å². The van der Waals surface area contributed by atoms with Gasteiger partial charge in [-0.05, 0) is 38.0 Å². The SMILES string of the molecule is Cc1ccc(Nc2ncnc3c2cc(C(=O)N2CCC(Br)CC2)n3C)cc1. The van der Waals surface area contributed by atoms with Crippen LogP contribution in [-0.2, 0) is 7.05 Å². The van der Waals surface area contributed by atoms with Gasteiger partial charge in [-0.2, -0.15) is 0 Å². The number of carbonyl (C=O) groups is 1. The van der Waals surface area contributed by atoms with Crippen molar-refractivity contribution in [3.05, 3.63) is 47.9 Å². The summed E-state index contributed by atoms with van der Waals surface area (Å²) < 4.78 is 1.86. The second-order valence-corrected chi connectivity index (χ2v) is 8.30. The van der Waals surface area contributed by atoms with Crippen molar-refractivity contribution in [1.29, 1.82) is 0 Å². The molecular weight excluding hydrogens is 406 g/mol. The maximum absolute atomic E-state index is 13.0. The number of aryl methyl sites for hydroxylation is 2. The number of halogens is 1. The van der Waals surface area contributed by atoms with Gasteiger partial charge in [0.15, 0.2) is 0 Å². The number of hydrogen-bond donors (Lipinski definition) is 1. The summed E-state index contributed by atoms with van der Waals surface area (Å²) in [5.74, 6) is 0.758. The minimum absolute atomic E-state index is 0.0520. The van der Waals surface area contributed by atoms with Gasteiger partial charge in [0.1, 0.15) is 23.5 Å². The summed E-state index contributed by atoms with van der Waals surface area (Å²) in [5, 5.41) is 4.19. The predicted octanol–water partition coefficient (Wildman–Crippen LogP) is 4.02. The largest absolute Gasteiger partial charge is 0.340 e. The predicted molar refractivity (Wildman–Crippen MR) is 111 cm³/mol. The monoisotopic (exact) mass is 427 g/mol. The molecule has 1 amide bonds. The molecule has 0 atom stereocenters. The first-order valence-corrected chi connectivity index (χ1v) is 10.0. The number of nitrogens with zero attached hydrogens (tertiary/aromatic N) is 4. The summed E-state index contributed by atoms with van der Waals surface area (Å²) in [6, 6.07) is 10.0. The van der Waals surface area contributed by atoms with Crippen LogP contribution in [0.5, 0.6) is 0 Å². The Bertz CT molecular complexity index is 974. The molecule has 4 rings (SSSR count).